The molecular weight excluding hydrogens is 446 g/mol. The van der Waals surface area contributed by atoms with Gasteiger partial charge in [-0.2, -0.15) is 0 Å². The first-order chi connectivity index (χ1) is 17.9. The van der Waals surface area contributed by atoms with Gasteiger partial charge < -0.3 is 5.32 Å². The Balaban J connectivity index is 1.54. The summed E-state index contributed by atoms with van der Waals surface area (Å²) >= 11 is 0. The van der Waals surface area contributed by atoms with E-state index in [4.69, 9.17) is 0 Å². The van der Waals surface area contributed by atoms with Crippen molar-refractivity contribution in [1.82, 2.24) is 0 Å². The Morgan fingerprint density at radius 2 is 0.919 bits per heavy atom. The first kappa shape index (κ1) is 21.9. The zero-order chi connectivity index (χ0) is 25.1. The number of hydrogen-bond donors (Lipinski definition) is 1. The molecule has 0 amide bonds. The third-order valence-electron chi connectivity index (χ3n) is 7.66. The second-order valence-electron chi connectivity index (χ2n) is 11.2. The molecule has 2 bridgehead atoms. The van der Waals surface area contributed by atoms with Crippen LogP contribution in [0.4, 0.5) is 11.4 Å². The fourth-order valence-electron chi connectivity index (χ4n) is 5.58. The lowest BCUT2D eigenvalue weighted by Crippen LogP contribution is -2.10. The molecule has 0 atom stereocenters. The van der Waals surface area contributed by atoms with Crippen molar-refractivity contribution < 1.29 is 0 Å². The molecule has 0 aromatic heterocycles. The van der Waals surface area contributed by atoms with Crippen LogP contribution in [-0.2, 0) is 5.41 Å². The topological polar surface area (TPSA) is 12.0 Å². The standard InChI is InChI=1S/C36H29N/c1-36(2,3)31-14-8-13-23(18-31)28-15-29-17-30(16-28)33-20-25-10-5-7-12-27(25)22-35(33)37-34-21-26-11-6-4-9-24(26)19-32(29)34/h4-22,37H,1-3H3. The molecule has 1 heteroatoms. The zero-order valence-corrected chi connectivity index (χ0v) is 21.5. The Labute approximate surface area is 218 Å². The lowest BCUT2D eigenvalue weighted by molar-refractivity contribution is 0.590. The average Bonchev–Trinajstić information content (AvgIpc) is 2.91. The smallest absolute Gasteiger partial charge is 0.0470 e. The third kappa shape index (κ3) is 3.79. The maximum absolute atomic E-state index is 3.83. The molecule has 0 fully saturated rings. The second kappa shape index (κ2) is 8.08. The highest BCUT2D eigenvalue weighted by atomic mass is 14.9. The van der Waals surface area contributed by atoms with E-state index in [0.29, 0.717) is 0 Å². The summed E-state index contributed by atoms with van der Waals surface area (Å²) in [5.41, 5.74) is 11.2. The summed E-state index contributed by atoms with van der Waals surface area (Å²) in [6.07, 6.45) is 0. The number of benzene rings is 6. The van der Waals surface area contributed by atoms with Crippen LogP contribution >= 0.6 is 0 Å². The fourth-order valence-corrected chi connectivity index (χ4v) is 5.58. The molecule has 1 heterocycles. The minimum Gasteiger partial charge on any atom is -0.354 e. The van der Waals surface area contributed by atoms with Crippen molar-refractivity contribution in [3.8, 4) is 33.4 Å². The van der Waals surface area contributed by atoms with Gasteiger partial charge in [-0.25, -0.2) is 0 Å². The average molecular weight is 476 g/mol. The summed E-state index contributed by atoms with van der Waals surface area (Å²) in [7, 11) is 0. The summed E-state index contributed by atoms with van der Waals surface area (Å²) in [6.45, 7) is 6.84. The van der Waals surface area contributed by atoms with Crippen LogP contribution < -0.4 is 5.32 Å². The van der Waals surface area contributed by atoms with Gasteiger partial charge in [-0.3, -0.25) is 0 Å². The van der Waals surface area contributed by atoms with Gasteiger partial charge in [0.15, 0.2) is 0 Å². The maximum atomic E-state index is 3.83. The van der Waals surface area contributed by atoms with Gasteiger partial charge in [-0.05, 0) is 97.2 Å². The SMILES string of the molecule is CC(C)(C)c1cccc(-c2cc3cc(c2)-c2cc4ccccc4cc2Nc2cc4ccccc4cc2-3)c1. The summed E-state index contributed by atoms with van der Waals surface area (Å²) in [6, 6.07) is 42.6. The second-order valence-corrected chi connectivity index (χ2v) is 11.2. The number of rotatable bonds is 1. The molecule has 0 unspecified atom stereocenters. The van der Waals surface area contributed by atoms with Gasteiger partial charge in [0.2, 0.25) is 0 Å². The molecule has 1 aliphatic rings. The Morgan fingerprint density at radius 1 is 0.432 bits per heavy atom. The fraction of sp³-hybridized carbons (Fsp3) is 0.111. The Bertz CT molecular complexity index is 1730. The number of nitrogens with one attached hydrogen (secondary N) is 1. The molecule has 6 aromatic carbocycles. The van der Waals surface area contributed by atoms with Crippen molar-refractivity contribution in [2.45, 2.75) is 26.2 Å². The van der Waals surface area contributed by atoms with E-state index in [0.717, 1.165) is 11.4 Å². The number of hydrogen-bond acceptors (Lipinski definition) is 1. The molecule has 0 aliphatic carbocycles. The van der Waals surface area contributed by atoms with E-state index in [1.54, 1.807) is 0 Å². The van der Waals surface area contributed by atoms with E-state index in [9.17, 15) is 0 Å². The molecule has 1 N–H and O–H groups in total. The van der Waals surface area contributed by atoms with E-state index in [1.165, 1.54) is 60.5 Å². The largest absolute Gasteiger partial charge is 0.354 e. The van der Waals surface area contributed by atoms with E-state index in [2.05, 4.69) is 141 Å². The molecule has 0 saturated heterocycles. The predicted molar refractivity (Wildman–Crippen MR) is 160 cm³/mol. The molecule has 6 aromatic rings. The number of fused-ring (bicyclic) bond motifs is 8. The Morgan fingerprint density at radius 3 is 1.43 bits per heavy atom. The van der Waals surface area contributed by atoms with Crippen molar-refractivity contribution in [3.63, 3.8) is 0 Å². The highest BCUT2D eigenvalue weighted by molar-refractivity contribution is 6.03. The van der Waals surface area contributed by atoms with Gasteiger partial charge in [-0.1, -0.05) is 93.6 Å². The van der Waals surface area contributed by atoms with Gasteiger partial charge in [0.05, 0.1) is 0 Å². The Hall–Kier alpha value is -4.36. The van der Waals surface area contributed by atoms with Crippen LogP contribution in [0.3, 0.4) is 0 Å². The summed E-state index contributed by atoms with van der Waals surface area (Å²) in [5.74, 6) is 0. The van der Waals surface area contributed by atoms with Crippen LogP contribution in [0.25, 0.3) is 54.9 Å². The van der Waals surface area contributed by atoms with Crippen molar-refractivity contribution in [2.75, 3.05) is 5.32 Å². The van der Waals surface area contributed by atoms with Crippen LogP contribution in [0.2, 0.25) is 0 Å². The van der Waals surface area contributed by atoms with Crippen LogP contribution in [0.15, 0.2) is 115 Å². The third-order valence-corrected chi connectivity index (χ3v) is 7.66. The molecule has 7 rings (SSSR count). The molecule has 0 radical (unpaired) electrons. The van der Waals surface area contributed by atoms with Crippen molar-refractivity contribution >= 4 is 32.9 Å². The molecular formula is C36H29N. The first-order valence-electron chi connectivity index (χ1n) is 13.0. The van der Waals surface area contributed by atoms with Crippen molar-refractivity contribution in [1.29, 1.82) is 0 Å². The molecule has 0 saturated carbocycles. The minimum atomic E-state index is 0.100. The van der Waals surface area contributed by atoms with E-state index >= 15 is 0 Å². The van der Waals surface area contributed by atoms with E-state index in [-0.39, 0.29) is 5.41 Å². The maximum Gasteiger partial charge on any atom is 0.0470 e. The van der Waals surface area contributed by atoms with Crippen molar-refractivity contribution in [2.24, 2.45) is 0 Å². The molecule has 1 aliphatic heterocycles. The summed E-state index contributed by atoms with van der Waals surface area (Å²) < 4.78 is 0. The van der Waals surface area contributed by atoms with Gasteiger partial charge in [-0.15, -0.1) is 0 Å². The minimum absolute atomic E-state index is 0.100. The normalized spacial score (nSPS) is 12.4. The number of anilines is 2. The van der Waals surface area contributed by atoms with E-state index in [1.807, 2.05) is 0 Å². The predicted octanol–water partition coefficient (Wildman–Crippen LogP) is 10.3. The van der Waals surface area contributed by atoms with Crippen LogP contribution in [0, 0.1) is 0 Å². The van der Waals surface area contributed by atoms with Gasteiger partial charge >= 0.3 is 0 Å². The van der Waals surface area contributed by atoms with Gasteiger partial charge in [0, 0.05) is 22.5 Å². The lowest BCUT2D eigenvalue weighted by atomic mass is 9.84. The van der Waals surface area contributed by atoms with Gasteiger partial charge in [0.1, 0.15) is 0 Å². The lowest BCUT2D eigenvalue weighted by Gasteiger charge is -2.23. The first-order valence-corrected chi connectivity index (χ1v) is 13.0. The van der Waals surface area contributed by atoms with Gasteiger partial charge in [0.25, 0.3) is 0 Å². The van der Waals surface area contributed by atoms with E-state index < -0.39 is 0 Å². The highest BCUT2D eigenvalue weighted by Crippen LogP contribution is 2.45. The van der Waals surface area contributed by atoms with Crippen LogP contribution in [0.5, 0.6) is 0 Å². The monoisotopic (exact) mass is 475 g/mol. The molecule has 178 valence electrons. The quantitative estimate of drug-likeness (QED) is 0.249. The zero-order valence-electron chi connectivity index (χ0n) is 21.5. The highest BCUT2D eigenvalue weighted by Gasteiger charge is 2.19. The molecule has 0 spiro atoms. The molecule has 1 nitrogen and oxygen atoms in total. The summed E-state index contributed by atoms with van der Waals surface area (Å²) in [4.78, 5) is 0. The van der Waals surface area contributed by atoms with Crippen LogP contribution in [-0.4, -0.2) is 0 Å². The van der Waals surface area contributed by atoms with Crippen molar-refractivity contribution in [3.05, 3.63) is 121 Å². The van der Waals surface area contributed by atoms with Crippen LogP contribution in [0.1, 0.15) is 26.3 Å². The summed E-state index contributed by atoms with van der Waals surface area (Å²) in [5, 5.41) is 8.82. The Kier molecular flexibility index (Phi) is 4.78. The molecule has 37 heavy (non-hydrogen) atoms.